The minimum Gasteiger partial charge on any atom is -0.496 e. The van der Waals surface area contributed by atoms with Crippen molar-refractivity contribution in [1.29, 1.82) is 0 Å². The highest BCUT2D eigenvalue weighted by molar-refractivity contribution is 5.91. The first-order valence-electron chi connectivity index (χ1n) is 12.3. The standard InChI is InChI=1S/C30H36N2O2/c1-33-29-15-13-23(25-9-3-5-11-27(25)29)17-21-31-19-7-8-20-32-22-18-24-14-16-30(34-2)28-12-6-4-10-26(24)28/h3-6,9-16,31-32H,7-8,17-22H2,1-2H3. The van der Waals surface area contributed by atoms with Gasteiger partial charge in [-0.15, -0.1) is 0 Å². The number of unbranched alkanes of at least 4 members (excludes halogenated alkanes) is 1. The third kappa shape index (κ3) is 5.88. The second kappa shape index (κ2) is 12.4. The quantitative estimate of drug-likeness (QED) is 0.251. The first-order valence-corrected chi connectivity index (χ1v) is 12.3. The van der Waals surface area contributed by atoms with Gasteiger partial charge >= 0.3 is 0 Å². The molecule has 0 saturated heterocycles. The van der Waals surface area contributed by atoms with Crippen molar-refractivity contribution in [3.8, 4) is 11.5 Å². The maximum atomic E-state index is 5.51. The van der Waals surface area contributed by atoms with Gasteiger partial charge in [-0.25, -0.2) is 0 Å². The molecule has 0 saturated carbocycles. The van der Waals surface area contributed by atoms with E-state index in [0.29, 0.717) is 0 Å². The van der Waals surface area contributed by atoms with Gasteiger partial charge in [-0.1, -0.05) is 60.7 Å². The molecule has 4 heteroatoms. The smallest absolute Gasteiger partial charge is 0.126 e. The molecule has 0 spiro atoms. The topological polar surface area (TPSA) is 42.5 Å². The number of nitrogens with one attached hydrogen (secondary N) is 2. The lowest BCUT2D eigenvalue weighted by atomic mass is 10.0. The molecule has 0 aliphatic carbocycles. The molecular weight excluding hydrogens is 420 g/mol. The van der Waals surface area contributed by atoms with E-state index in [4.69, 9.17) is 9.47 Å². The van der Waals surface area contributed by atoms with Crippen LogP contribution in [0.2, 0.25) is 0 Å². The Labute approximate surface area is 203 Å². The average Bonchev–Trinajstić information content (AvgIpc) is 2.89. The minimum atomic E-state index is 0.944. The molecule has 0 heterocycles. The Morgan fingerprint density at radius 1 is 0.500 bits per heavy atom. The van der Waals surface area contributed by atoms with Crippen LogP contribution in [0.4, 0.5) is 0 Å². The predicted octanol–water partition coefficient (Wildman–Crippen LogP) is 5.75. The molecule has 0 aliphatic heterocycles. The normalized spacial score (nSPS) is 11.2. The number of methoxy groups -OCH3 is 2. The summed E-state index contributed by atoms with van der Waals surface area (Å²) >= 11 is 0. The monoisotopic (exact) mass is 456 g/mol. The lowest BCUT2D eigenvalue weighted by molar-refractivity contribution is 0.419. The van der Waals surface area contributed by atoms with E-state index in [9.17, 15) is 0 Å². The highest BCUT2D eigenvalue weighted by Crippen LogP contribution is 2.29. The zero-order valence-electron chi connectivity index (χ0n) is 20.4. The van der Waals surface area contributed by atoms with Crippen LogP contribution in [-0.2, 0) is 12.8 Å². The van der Waals surface area contributed by atoms with Gasteiger partial charge in [0.05, 0.1) is 14.2 Å². The molecular formula is C30H36N2O2. The molecule has 34 heavy (non-hydrogen) atoms. The van der Waals surface area contributed by atoms with Crippen molar-refractivity contribution >= 4 is 21.5 Å². The lowest BCUT2D eigenvalue weighted by Crippen LogP contribution is -2.22. The van der Waals surface area contributed by atoms with E-state index in [2.05, 4.69) is 83.4 Å². The molecule has 4 aromatic rings. The Balaban J connectivity index is 1.12. The molecule has 0 aliphatic rings. The number of rotatable bonds is 13. The minimum absolute atomic E-state index is 0.944. The van der Waals surface area contributed by atoms with Crippen LogP contribution in [0.5, 0.6) is 11.5 Å². The summed E-state index contributed by atoms with van der Waals surface area (Å²) in [6.45, 7) is 4.10. The number of benzene rings is 4. The van der Waals surface area contributed by atoms with Crippen molar-refractivity contribution in [2.45, 2.75) is 25.7 Å². The first kappa shape index (κ1) is 24.1. The van der Waals surface area contributed by atoms with E-state index in [0.717, 1.165) is 50.5 Å². The van der Waals surface area contributed by atoms with Gasteiger partial charge in [0.25, 0.3) is 0 Å². The highest BCUT2D eigenvalue weighted by Gasteiger charge is 2.07. The number of ether oxygens (including phenoxy) is 2. The third-order valence-corrected chi connectivity index (χ3v) is 6.49. The summed E-state index contributed by atoms with van der Waals surface area (Å²) in [5.41, 5.74) is 2.74. The number of hydrogen-bond donors (Lipinski definition) is 2. The molecule has 4 aromatic carbocycles. The van der Waals surface area contributed by atoms with Crippen molar-refractivity contribution < 1.29 is 9.47 Å². The summed E-state index contributed by atoms with van der Waals surface area (Å²) in [6.07, 6.45) is 4.42. The van der Waals surface area contributed by atoms with Crippen molar-refractivity contribution in [3.05, 3.63) is 83.9 Å². The molecule has 0 bridgehead atoms. The summed E-state index contributed by atoms with van der Waals surface area (Å²) in [5.74, 6) is 1.89. The van der Waals surface area contributed by atoms with E-state index in [-0.39, 0.29) is 0 Å². The Morgan fingerprint density at radius 2 is 0.912 bits per heavy atom. The van der Waals surface area contributed by atoms with Crippen molar-refractivity contribution in [2.24, 2.45) is 0 Å². The second-order valence-electron chi connectivity index (χ2n) is 8.65. The van der Waals surface area contributed by atoms with Crippen molar-refractivity contribution in [2.75, 3.05) is 40.4 Å². The summed E-state index contributed by atoms with van der Waals surface area (Å²) in [7, 11) is 3.47. The van der Waals surface area contributed by atoms with Crippen LogP contribution in [0.3, 0.4) is 0 Å². The van der Waals surface area contributed by atoms with Gasteiger partial charge in [-0.2, -0.15) is 0 Å². The van der Waals surface area contributed by atoms with Crippen molar-refractivity contribution in [3.63, 3.8) is 0 Å². The van der Waals surface area contributed by atoms with Crippen LogP contribution in [0, 0.1) is 0 Å². The Morgan fingerprint density at radius 3 is 1.32 bits per heavy atom. The van der Waals surface area contributed by atoms with E-state index < -0.39 is 0 Å². The van der Waals surface area contributed by atoms with Gasteiger partial charge in [-0.3, -0.25) is 0 Å². The number of hydrogen-bond acceptors (Lipinski definition) is 4. The fourth-order valence-corrected chi connectivity index (χ4v) is 4.66. The zero-order chi connectivity index (χ0) is 23.6. The summed E-state index contributed by atoms with van der Waals surface area (Å²) in [6, 6.07) is 25.5. The van der Waals surface area contributed by atoms with Crippen LogP contribution in [-0.4, -0.2) is 40.4 Å². The van der Waals surface area contributed by atoms with E-state index >= 15 is 0 Å². The molecule has 178 valence electrons. The average molecular weight is 457 g/mol. The van der Waals surface area contributed by atoms with Crippen molar-refractivity contribution in [1.82, 2.24) is 10.6 Å². The molecule has 4 nitrogen and oxygen atoms in total. The Bertz CT molecular complexity index is 1110. The molecule has 0 unspecified atom stereocenters. The fraction of sp³-hybridized carbons (Fsp3) is 0.333. The largest absolute Gasteiger partial charge is 0.496 e. The summed E-state index contributed by atoms with van der Waals surface area (Å²) in [4.78, 5) is 0. The SMILES string of the molecule is COc1ccc(CCNCCCCNCCc2ccc(OC)c3ccccc23)c2ccccc12. The van der Waals surface area contributed by atoms with Crippen LogP contribution in [0.1, 0.15) is 24.0 Å². The van der Waals surface area contributed by atoms with Gasteiger partial charge in [0.15, 0.2) is 0 Å². The van der Waals surface area contributed by atoms with E-state index in [1.165, 1.54) is 45.5 Å². The second-order valence-corrected chi connectivity index (χ2v) is 8.65. The summed E-state index contributed by atoms with van der Waals surface area (Å²) < 4.78 is 11.0. The molecule has 0 radical (unpaired) electrons. The zero-order valence-corrected chi connectivity index (χ0v) is 20.4. The molecule has 0 amide bonds. The maximum absolute atomic E-state index is 5.51. The van der Waals surface area contributed by atoms with Gasteiger partial charge in [0.2, 0.25) is 0 Å². The Kier molecular flexibility index (Phi) is 8.78. The van der Waals surface area contributed by atoms with Crippen LogP contribution < -0.4 is 20.1 Å². The van der Waals surface area contributed by atoms with Gasteiger partial charge in [0, 0.05) is 10.8 Å². The predicted molar refractivity (Wildman–Crippen MR) is 143 cm³/mol. The summed E-state index contributed by atoms with van der Waals surface area (Å²) in [5, 5.41) is 12.2. The molecule has 0 atom stereocenters. The molecule has 0 aromatic heterocycles. The fourth-order valence-electron chi connectivity index (χ4n) is 4.66. The third-order valence-electron chi connectivity index (χ3n) is 6.49. The lowest BCUT2D eigenvalue weighted by Gasteiger charge is -2.12. The Hall–Kier alpha value is -3.08. The van der Waals surface area contributed by atoms with Crippen LogP contribution in [0.25, 0.3) is 21.5 Å². The van der Waals surface area contributed by atoms with Gasteiger partial charge < -0.3 is 20.1 Å². The highest BCUT2D eigenvalue weighted by atomic mass is 16.5. The van der Waals surface area contributed by atoms with E-state index in [1.807, 2.05) is 0 Å². The number of fused-ring (bicyclic) bond motifs is 2. The van der Waals surface area contributed by atoms with Crippen LogP contribution >= 0.6 is 0 Å². The molecule has 2 N–H and O–H groups in total. The van der Waals surface area contributed by atoms with E-state index in [1.54, 1.807) is 14.2 Å². The maximum Gasteiger partial charge on any atom is 0.126 e. The van der Waals surface area contributed by atoms with Gasteiger partial charge in [-0.05, 0) is 85.9 Å². The first-order chi connectivity index (χ1) is 16.8. The van der Waals surface area contributed by atoms with Crippen LogP contribution in [0.15, 0.2) is 72.8 Å². The molecule has 4 rings (SSSR count). The van der Waals surface area contributed by atoms with Gasteiger partial charge in [0.1, 0.15) is 11.5 Å². The molecule has 0 fully saturated rings.